The number of rotatable bonds is 5. The number of methoxy groups -OCH3 is 1. The summed E-state index contributed by atoms with van der Waals surface area (Å²) in [6, 6.07) is 0.429. The molecular formula is C10H19NO3. The second kappa shape index (κ2) is 4.28. The van der Waals surface area contributed by atoms with Gasteiger partial charge in [0.1, 0.15) is 0 Å². The van der Waals surface area contributed by atoms with E-state index >= 15 is 0 Å². The molecule has 1 aliphatic rings. The minimum Gasteiger partial charge on any atom is -0.481 e. The van der Waals surface area contributed by atoms with Crippen LogP contribution in [-0.4, -0.2) is 36.9 Å². The van der Waals surface area contributed by atoms with Gasteiger partial charge in [0.15, 0.2) is 0 Å². The van der Waals surface area contributed by atoms with Crippen molar-refractivity contribution in [3.63, 3.8) is 0 Å². The fourth-order valence-corrected chi connectivity index (χ4v) is 1.40. The highest BCUT2D eigenvalue weighted by Gasteiger charge is 2.32. The van der Waals surface area contributed by atoms with Crippen molar-refractivity contribution < 1.29 is 14.6 Å². The summed E-state index contributed by atoms with van der Waals surface area (Å²) >= 11 is 0. The number of hydrogen-bond acceptors (Lipinski definition) is 3. The van der Waals surface area contributed by atoms with E-state index < -0.39 is 11.4 Å². The van der Waals surface area contributed by atoms with Gasteiger partial charge in [0.25, 0.3) is 0 Å². The molecule has 0 saturated heterocycles. The minimum absolute atomic E-state index is 0.362. The molecule has 1 rings (SSSR count). The molecule has 0 unspecified atom stereocenters. The van der Waals surface area contributed by atoms with Crippen molar-refractivity contribution in [1.82, 2.24) is 5.32 Å². The van der Waals surface area contributed by atoms with Gasteiger partial charge in [0.05, 0.1) is 11.5 Å². The lowest BCUT2D eigenvalue weighted by Crippen LogP contribution is -2.49. The van der Waals surface area contributed by atoms with Crippen LogP contribution >= 0.6 is 0 Å². The Morgan fingerprint density at radius 3 is 2.57 bits per heavy atom. The van der Waals surface area contributed by atoms with Crippen LogP contribution in [0.1, 0.15) is 26.7 Å². The highest BCUT2D eigenvalue weighted by Crippen LogP contribution is 2.24. The fraction of sp³-hybridized carbons (Fsp3) is 0.900. The summed E-state index contributed by atoms with van der Waals surface area (Å²) < 4.78 is 5.14. The third kappa shape index (κ3) is 2.69. The third-order valence-corrected chi connectivity index (χ3v) is 2.84. The molecule has 82 valence electrons. The van der Waals surface area contributed by atoms with E-state index in [4.69, 9.17) is 9.84 Å². The summed E-state index contributed by atoms with van der Waals surface area (Å²) in [5.74, 6) is -0.757. The van der Waals surface area contributed by atoms with E-state index in [0.29, 0.717) is 18.7 Å². The summed E-state index contributed by atoms with van der Waals surface area (Å²) in [6.45, 7) is 3.98. The lowest BCUT2D eigenvalue weighted by molar-refractivity contribution is -0.146. The van der Waals surface area contributed by atoms with Gasteiger partial charge < -0.3 is 15.2 Å². The first-order chi connectivity index (χ1) is 6.45. The maximum atomic E-state index is 10.8. The molecule has 2 N–H and O–H groups in total. The average Bonchev–Trinajstić information content (AvgIpc) is 2.01. The van der Waals surface area contributed by atoms with Gasteiger partial charge in [0, 0.05) is 19.7 Å². The molecule has 4 heteroatoms. The van der Waals surface area contributed by atoms with Gasteiger partial charge in [0.2, 0.25) is 0 Å². The molecule has 14 heavy (non-hydrogen) atoms. The van der Waals surface area contributed by atoms with E-state index in [1.807, 2.05) is 0 Å². The van der Waals surface area contributed by atoms with Crippen LogP contribution in [0.25, 0.3) is 0 Å². The molecule has 0 aromatic carbocycles. The quantitative estimate of drug-likeness (QED) is 0.692. The van der Waals surface area contributed by atoms with Crippen LogP contribution in [0, 0.1) is 5.41 Å². The van der Waals surface area contributed by atoms with Crippen molar-refractivity contribution in [3.8, 4) is 0 Å². The van der Waals surface area contributed by atoms with Crippen molar-refractivity contribution in [2.45, 2.75) is 38.8 Å². The van der Waals surface area contributed by atoms with E-state index in [9.17, 15) is 4.79 Å². The van der Waals surface area contributed by atoms with Gasteiger partial charge in [-0.1, -0.05) is 0 Å². The van der Waals surface area contributed by atoms with Crippen molar-refractivity contribution in [2.24, 2.45) is 5.41 Å². The summed E-state index contributed by atoms with van der Waals surface area (Å²) in [4.78, 5) is 10.8. The zero-order valence-electron chi connectivity index (χ0n) is 9.04. The Hall–Kier alpha value is -0.610. The molecule has 1 aliphatic carbocycles. The molecular weight excluding hydrogens is 182 g/mol. The first-order valence-electron chi connectivity index (χ1n) is 4.95. The first kappa shape index (κ1) is 11.5. The zero-order valence-corrected chi connectivity index (χ0v) is 9.04. The van der Waals surface area contributed by atoms with Gasteiger partial charge in [-0.3, -0.25) is 4.79 Å². The first-order valence-corrected chi connectivity index (χ1v) is 4.95. The molecule has 0 spiro atoms. The van der Waals surface area contributed by atoms with Crippen LogP contribution in [0.4, 0.5) is 0 Å². The topological polar surface area (TPSA) is 58.6 Å². The number of carboxylic acids is 1. The molecule has 0 aliphatic heterocycles. The summed E-state index contributed by atoms with van der Waals surface area (Å²) in [5, 5.41) is 12.1. The molecule has 0 aromatic heterocycles. The van der Waals surface area contributed by atoms with E-state index in [2.05, 4.69) is 5.32 Å². The number of hydrogen-bond donors (Lipinski definition) is 2. The van der Waals surface area contributed by atoms with Gasteiger partial charge in [-0.25, -0.2) is 0 Å². The van der Waals surface area contributed by atoms with Crippen molar-refractivity contribution in [2.75, 3.05) is 13.7 Å². The zero-order chi connectivity index (χ0) is 10.8. The molecule has 4 nitrogen and oxygen atoms in total. The number of carboxylic acid groups (broad SMARTS) is 1. The highest BCUT2D eigenvalue weighted by molar-refractivity contribution is 5.73. The predicted octanol–water partition coefficient (Wildman–Crippen LogP) is 0.864. The summed E-state index contributed by atoms with van der Waals surface area (Å²) in [5.41, 5.74) is -0.682. The fourth-order valence-electron chi connectivity index (χ4n) is 1.40. The van der Waals surface area contributed by atoms with Crippen LogP contribution in [-0.2, 0) is 9.53 Å². The third-order valence-electron chi connectivity index (χ3n) is 2.84. The van der Waals surface area contributed by atoms with Gasteiger partial charge in [-0.05, 0) is 26.7 Å². The van der Waals surface area contributed by atoms with E-state index in [1.165, 1.54) is 0 Å². The van der Waals surface area contributed by atoms with Crippen molar-refractivity contribution in [3.05, 3.63) is 0 Å². The molecule has 0 aromatic rings. The molecule has 1 saturated carbocycles. The Morgan fingerprint density at radius 2 is 2.14 bits per heavy atom. The Morgan fingerprint density at radius 1 is 1.57 bits per heavy atom. The van der Waals surface area contributed by atoms with Crippen LogP contribution in [0.15, 0.2) is 0 Å². The van der Waals surface area contributed by atoms with Gasteiger partial charge in [-0.2, -0.15) is 0 Å². The largest absolute Gasteiger partial charge is 0.481 e. The molecule has 0 heterocycles. The van der Waals surface area contributed by atoms with Gasteiger partial charge in [-0.15, -0.1) is 0 Å². The molecule has 1 fully saturated rings. The van der Waals surface area contributed by atoms with Crippen molar-refractivity contribution >= 4 is 5.97 Å². The Labute approximate surface area is 84.6 Å². The number of aliphatic carboxylic acids is 1. The Bertz CT molecular complexity index is 209. The van der Waals surface area contributed by atoms with E-state index in [1.54, 1.807) is 21.0 Å². The van der Waals surface area contributed by atoms with Crippen LogP contribution < -0.4 is 5.32 Å². The van der Waals surface area contributed by atoms with Crippen LogP contribution in [0.5, 0.6) is 0 Å². The lowest BCUT2D eigenvalue weighted by atomic mass is 9.87. The lowest BCUT2D eigenvalue weighted by Gasteiger charge is -2.36. The summed E-state index contributed by atoms with van der Waals surface area (Å²) in [6.07, 6.45) is 2.35. The highest BCUT2D eigenvalue weighted by atomic mass is 16.5. The maximum absolute atomic E-state index is 10.8. The average molecular weight is 201 g/mol. The van der Waals surface area contributed by atoms with E-state index in [-0.39, 0.29) is 0 Å². The second-order valence-electron chi connectivity index (χ2n) is 4.60. The van der Waals surface area contributed by atoms with Crippen LogP contribution in [0.2, 0.25) is 0 Å². The van der Waals surface area contributed by atoms with E-state index in [0.717, 1.165) is 12.8 Å². The monoisotopic (exact) mass is 201 g/mol. The predicted molar refractivity (Wildman–Crippen MR) is 53.2 cm³/mol. The summed E-state index contributed by atoms with van der Waals surface area (Å²) in [7, 11) is 1.71. The normalized spacial score (nSPS) is 27.1. The molecule has 0 bridgehead atoms. The number of carbonyl (C=O) groups is 1. The minimum atomic E-state index is -0.757. The van der Waals surface area contributed by atoms with Crippen molar-refractivity contribution in [1.29, 1.82) is 0 Å². The van der Waals surface area contributed by atoms with Gasteiger partial charge >= 0.3 is 5.97 Å². The maximum Gasteiger partial charge on any atom is 0.310 e. The second-order valence-corrected chi connectivity index (χ2v) is 4.60. The Balaban J connectivity index is 2.19. The molecule has 0 amide bonds. The standard InChI is InChI=1S/C10H19NO3/c1-10(2,9(12)13)6-11-7-4-8(5-7)14-3/h7-8,11H,4-6H2,1-3H3,(H,12,13). The smallest absolute Gasteiger partial charge is 0.310 e. The molecule has 0 atom stereocenters. The molecule has 0 radical (unpaired) electrons. The number of nitrogens with one attached hydrogen (secondary N) is 1. The Kier molecular flexibility index (Phi) is 3.50. The number of ether oxygens (including phenoxy) is 1. The SMILES string of the molecule is COC1CC(NCC(C)(C)C(=O)O)C1. The van der Waals surface area contributed by atoms with Crippen LogP contribution in [0.3, 0.4) is 0 Å².